The van der Waals surface area contributed by atoms with Crippen molar-refractivity contribution in [1.29, 1.82) is 0 Å². The average Bonchev–Trinajstić information content (AvgIpc) is 2.95. The highest BCUT2D eigenvalue weighted by atomic mass is 35.5. The third-order valence-corrected chi connectivity index (χ3v) is 3.89. The predicted octanol–water partition coefficient (Wildman–Crippen LogP) is 2.29. The summed E-state index contributed by atoms with van der Waals surface area (Å²) in [5.74, 6) is 0.502. The fourth-order valence-electron chi connectivity index (χ4n) is 1.76. The first-order chi connectivity index (χ1) is 8.67. The van der Waals surface area contributed by atoms with Crippen molar-refractivity contribution in [2.75, 3.05) is 13.6 Å². The number of hydrogen-bond acceptors (Lipinski definition) is 4. The molecule has 2 aromatic rings. The Labute approximate surface area is 116 Å². The first kappa shape index (κ1) is 13.5. The Bertz CT molecular complexity index is 494. The highest BCUT2D eigenvalue weighted by molar-refractivity contribution is 7.09. The van der Waals surface area contributed by atoms with Crippen molar-refractivity contribution >= 4 is 22.9 Å². The highest BCUT2D eigenvalue weighted by Crippen LogP contribution is 2.12. The van der Waals surface area contributed by atoms with Gasteiger partial charge in [0.1, 0.15) is 0 Å². The molecule has 0 saturated heterocycles. The molecular formula is C12H17ClN4S. The van der Waals surface area contributed by atoms with Crippen LogP contribution in [0.4, 0.5) is 0 Å². The quantitative estimate of drug-likeness (QED) is 0.763. The summed E-state index contributed by atoms with van der Waals surface area (Å²) in [4.78, 5) is 6.73. The van der Waals surface area contributed by atoms with Crippen molar-refractivity contribution in [1.82, 2.24) is 19.7 Å². The fraction of sp³-hybridized carbons (Fsp3) is 0.500. The Morgan fingerprint density at radius 1 is 1.50 bits per heavy atom. The summed E-state index contributed by atoms with van der Waals surface area (Å²) in [5, 5.41) is 7.35. The van der Waals surface area contributed by atoms with E-state index in [0.717, 1.165) is 30.2 Å². The number of aryl methyl sites for hydroxylation is 1. The second-order valence-corrected chi connectivity index (χ2v) is 5.59. The molecule has 6 heteroatoms. The zero-order valence-corrected chi connectivity index (χ0v) is 12.2. The number of hydrogen-bond donors (Lipinski definition) is 0. The predicted molar refractivity (Wildman–Crippen MR) is 74.9 cm³/mol. The Morgan fingerprint density at radius 3 is 2.94 bits per heavy atom. The van der Waals surface area contributed by atoms with Crippen LogP contribution < -0.4 is 0 Å². The van der Waals surface area contributed by atoms with E-state index in [2.05, 4.69) is 22.0 Å². The summed E-state index contributed by atoms with van der Waals surface area (Å²) in [6.07, 6.45) is 4.93. The summed E-state index contributed by atoms with van der Waals surface area (Å²) in [5.41, 5.74) is 2.21. The molecule has 0 aliphatic heterocycles. The number of alkyl halides is 1. The van der Waals surface area contributed by atoms with Gasteiger partial charge in [-0.2, -0.15) is 5.10 Å². The molecule has 0 bridgehead atoms. The van der Waals surface area contributed by atoms with Crippen LogP contribution >= 0.6 is 22.9 Å². The molecule has 0 aromatic carbocycles. The van der Waals surface area contributed by atoms with Gasteiger partial charge in [0, 0.05) is 43.7 Å². The third-order valence-electron chi connectivity index (χ3n) is 2.65. The fourth-order valence-corrected chi connectivity index (χ4v) is 2.77. The molecule has 0 atom stereocenters. The zero-order valence-electron chi connectivity index (χ0n) is 10.6. The first-order valence-corrected chi connectivity index (χ1v) is 7.24. The minimum Gasteiger partial charge on any atom is -0.302 e. The summed E-state index contributed by atoms with van der Waals surface area (Å²) in [7, 11) is 4.05. The number of aromatic nitrogens is 3. The normalized spacial score (nSPS) is 11.3. The first-order valence-electron chi connectivity index (χ1n) is 5.82. The van der Waals surface area contributed by atoms with Gasteiger partial charge >= 0.3 is 0 Å². The number of thiazole rings is 1. The van der Waals surface area contributed by atoms with Crippen molar-refractivity contribution in [3.63, 3.8) is 0 Å². The van der Waals surface area contributed by atoms with E-state index in [9.17, 15) is 0 Å². The summed E-state index contributed by atoms with van der Waals surface area (Å²) in [6.45, 7) is 1.91. The molecule has 0 spiro atoms. The maximum atomic E-state index is 5.74. The topological polar surface area (TPSA) is 34.0 Å². The molecule has 0 fully saturated rings. The van der Waals surface area contributed by atoms with Gasteiger partial charge in [-0.1, -0.05) is 0 Å². The molecule has 2 rings (SSSR count). The van der Waals surface area contributed by atoms with Crippen LogP contribution in [0.15, 0.2) is 17.8 Å². The lowest BCUT2D eigenvalue weighted by Gasteiger charge is -2.14. The van der Waals surface area contributed by atoms with Crippen molar-refractivity contribution in [3.05, 3.63) is 34.0 Å². The summed E-state index contributed by atoms with van der Waals surface area (Å²) in [6, 6.07) is 0. The average molecular weight is 285 g/mol. The Hall–Kier alpha value is -0.910. The van der Waals surface area contributed by atoms with Crippen molar-refractivity contribution in [2.45, 2.75) is 18.8 Å². The summed E-state index contributed by atoms with van der Waals surface area (Å²) >= 11 is 7.42. The number of halogens is 1. The van der Waals surface area contributed by atoms with Crippen molar-refractivity contribution < 1.29 is 0 Å². The highest BCUT2D eigenvalue weighted by Gasteiger charge is 2.05. The second kappa shape index (κ2) is 6.31. The van der Waals surface area contributed by atoms with Crippen LogP contribution in [0.2, 0.25) is 0 Å². The summed E-state index contributed by atoms with van der Waals surface area (Å²) < 4.78 is 1.83. The van der Waals surface area contributed by atoms with E-state index in [1.807, 2.05) is 29.5 Å². The van der Waals surface area contributed by atoms with E-state index in [4.69, 9.17) is 11.6 Å². The van der Waals surface area contributed by atoms with E-state index < -0.39 is 0 Å². The van der Waals surface area contributed by atoms with Gasteiger partial charge in [-0.25, -0.2) is 4.98 Å². The number of nitrogens with zero attached hydrogens (tertiary/aromatic N) is 4. The molecule has 4 nitrogen and oxygen atoms in total. The van der Waals surface area contributed by atoms with E-state index >= 15 is 0 Å². The van der Waals surface area contributed by atoms with Crippen LogP contribution in [0.1, 0.15) is 16.3 Å². The lowest BCUT2D eigenvalue weighted by Crippen LogP contribution is -2.20. The monoisotopic (exact) mass is 284 g/mol. The van der Waals surface area contributed by atoms with Gasteiger partial charge in [0.2, 0.25) is 0 Å². The van der Waals surface area contributed by atoms with Gasteiger partial charge in [0.15, 0.2) is 0 Å². The molecule has 0 amide bonds. The molecule has 98 valence electrons. The van der Waals surface area contributed by atoms with Gasteiger partial charge in [-0.15, -0.1) is 22.9 Å². The standard InChI is InChI=1S/C12H17ClN4S/c1-16(7-10-6-14-17(2)8-10)4-3-12-15-11(5-13)9-18-12/h6,8-9H,3-5,7H2,1-2H3. The van der Waals surface area contributed by atoms with Crippen molar-refractivity contribution in [2.24, 2.45) is 7.05 Å². The molecule has 2 heterocycles. The lowest BCUT2D eigenvalue weighted by atomic mass is 10.3. The van der Waals surface area contributed by atoms with Crippen LogP contribution in [-0.2, 0) is 25.9 Å². The Balaban J connectivity index is 1.79. The Morgan fingerprint density at radius 2 is 2.33 bits per heavy atom. The molecule has 0 aliphatic carbocycles. The largest absolute Gasteiger partial charge is 0.302 e. The second-order valence-electron chi connectivity index (χ2n) is 4.38. The van der Waals surface area contributed by atoms with Crippen LogP contribution in [0.5, 0.6) is 0 Å². The molecule has 0 N–H and O–H groups in total. The van der Waals surface area contributed by atoms with Gasteiger partial charge in [0.25, 0.3) is 0 Å². The van der Waals surface area contributed by atoms with E-state index in [1.54, 1.807) is 11.3 Å². The van der Waals surface area contributed by atoms with Crippen LogP contribution in [-0.4, -0.2) is 33.3 Å². The van der Waals surface area contributed by atoms with Gasteiger partial charge in [0.05, 0.1) is 22.8 Å². The molecule has 0 radical (unpaired) electrons. The minimum atomic E-state index is 0.502. The van der Waals surface area contributed by atoms with E-state index in [0.29, 0.717) is 5.88 Å². The van der Waals surface area contributed by atoms with E-state index in [1.165, 1.54) is 5.56 Å². The molecule has 2 aromatic heterocycles. The zero-order chi connectivity index (χ0) is 13.0. The maximum absolute atomic E-state index is 5.74. The molecular weight excluding hydrogens is 268 g/mol. The van der Waals surface area contributed by atoms with Gasteiger partial charge in [-0.05, 0) is 7.05 Å². The molecule has 0 aliphatic rings. The smallest absolute Gasteiger partial charge is 0.0941 e. The Kier molecular flexibility index (Phi) is 4.74. The van der Waals surface area contributed by atoms with Gasteiger partial charge in [-0.3, -0.25) is 4.68 Å². The van der Waals surface area contributed by atoms with Crippen LogP contribution in [0, 0.1) is 0 Å². The van der Waals surface area contributed by atoms with Crippen LogP contribution in [0.3, 0.4) is 0 Å². The van der Waals surface area contributed by atoms with E-state index in [-0.39, 0.29) is 0 Å². The third kappa shape index (κ3) is 3.80. The maximum Gasteiger partial charge on any atom is 0.0941 e. The molecule has 0 unspecified atom stereocenters. The number of rotatable bonds is 6. The molecule has 18 heavy (non-hydrogen) atoms. The molecule has 0 saturated carbocycles. The minimum absolute atomic E-state index is 0.502. The van der Waals surface area contributed by atoms with Crippen LogP contribution in [0.25, 0.3) is 0 Å². The SMILES string of the molecule is CN(CCc1nc(CCl)cs1)Cc1cnn(C)c1. The van der Waals surface area contributed by atoms with Crippen molar-refractivity contribution in [3.8, 4) is 0 Å². The lowest BCUT2D eigenvalue weighted by molar-refractivity contribution is 0.331. The van der Waals surface area contributed by atoms with Gasteiger partial charge < -0.3 is 4.90 Å². The number of likely N-dealkylation sites (N-methyl/N-ethyl adjacent to an activating group) is 1.